The minimum atomic E-state index is -0.782. The van der Waals surface area contributed by atoms with E-state index in [1.807, 2.05) is 48.5 Å². The molecule has 2 saturated heterocycles. The maximum atomic E-state index is 10.6. The summed E-state index contributed by atoms with van der Waals surface area (Å²) in [7, 11) is 0. The van der Waals surface area contributed by atoms with Gasteiger partial charge in [-0.3, -0.25) is 0 Å². The monoisotopic (exact) mass is 700 g/mol. The molecule has 0 aromatic heterocycles. The number of epoxide rings is 1. The highest BCUT2D eigenvalue weighted by Gasteiger charge is 2.26. The average molecular weight is 701 g/mol. The third-order valence-electron chi connectivity index (χ3n) is 9.11. The molecule has 3 unspecified atom stereocenters. The van der Waals surface area contributed by atoms with Crippen LogP contribution in [0.15, 0.2) is 97.1 Å². The Morgan fingerprint density at radius 2 is 0.980 bits per heavy atom. The van der Waals surface area contributed by atoms with Crippen LogP contribution in [0.1, 0.15) is 49.9 Å². The van der Waals surface area contributed by atoms with Crippen molar-refractivity contribution < 1.29 is 33.5 Å². The Labute approximate surface area is 298 Å². The molecule has 4 aromatic carbocycles. The summed E-state index contributed by atoms with van der Waals surface area (Å²) in [5.41, 5.74) is 4.25. The van der Waals surface area contributed by atoms with Crippen LogP contribution < -0.4 is 18.9 Å². The fraction of sp³-hybridized carbons (Fsp3) is 0.375. The molecule has 0 spiro atoms. The van der Waals surface area contributed by atoms with Crippen molar-refractivity contribution in [2.24, 2.45) is 0 Å². The Balaban J connectivity index is 0.942. The SMILES string of the molecule is CC(C)(c1ccc(OCC(O)COc2ccc(C(C)(C)c3ccc(OCC4CSC(=S)O4)cc3)cc2)cc1)c1ccc(OCC2CO2)cc1. The Morgan fingerprint density at radius 3 is 1.31 bits per heavy atom. The number of benzene rings is 4. The number of aliphatic hydroxyl groups is 1. The third-order valence-corrected chi connectivity index (χ3v) is 10.4. The molecule has 1 N–H and O–H groups in total. The van der Waals surface area contributed by atoms with E-state index in [1.165, 1.54) is 11.1 Å². The molecule has 3 atom stereocenters. The van der Waals surface area contributed by atoms with Crippen LogP contribution in [0.5, 0.6) is 23.0 Å². The Morgan fingerprint density at radius 1 is 0.633 bits per heavy atom. The van der Waals surface area contributed by atoms with Gasteiger partial charge in [0.05, 0.1) is 6.61 Å². The van der Waals surface area contributed by atoms with Gasteiger partial charge in [-0.25, -0.2) is 0 Å². The molecule has 0 aliphatic carbocycles. The first-order chi connectivity index (χ1) is 23.6. The van der Waals surface area contributed by atoms with Crippen LogP contribution >= 0.6 is 24.0 Å². The zero-order valence-electron chi connectivity index (χ0n) is 28.4. The van der Waals surface area contributed by atoms with E-state index in [0.29, 0.717) is 29.1 Å². The van der Waals surface area contributed by atoms with Gasteiger partial charge in [0, 0.05) is 16.6 Å². The van der Waals surface area contributed by atoms with Crippen LogP contribution in [0.4, 0.5) is 0 Å². The number of ether oxygens (including phenoxy) is 6. The molecule has 2 aliphatic rings. The van der Waals surface area contributed by atoms with E-state index in [0.717, 1.165) is 35.0 Å². The van der Waals surface area contributed by atoms with Gasteiger partial charge in [-0.2, -0.15) is 0 Å². The summed E-state index contributed by atoms with van der Waals surface area (Å²) in [5.74, 6) is 3.87. The van der Waals surface area contributed by atoms with Crippen molar-refractivity contribution in [3.05, 3.63) is 119 Å². The van der Waals surface area contributed by atoms with Gasteiger partial charge in [0.1, 0.15) is 67.7 Å². The molecular formula is C40H44O7S2. The largest absolute Gasteiger partial charge is 0.491 e. The molecule has 258 valence electrons. The van der Waals surface area contributed by atoms with Gasteiger partial charge in [0.15, 0.2) is 0 Å². The van der Waals surface area contributed by atoms with Crippen molar-refractivity contribution in [3.63, 3.8) is 0 Å². The molecule has 49 heavy (non-hydrogen) atoms. The second-order valence-corrected chi connectivity index (χ2v) is 15.1. The maximum absolute atomic E-state index is 10.6. The summed E-state index contributed by atoms with van der Waals surface area (Å²) in [5, 5.41) is 10.6. The molecule has 0 radical (unpaired) electrons. The molecule has 4 aromatic rings. The van der Waals surface area contributed by atoms with E-state index >= 15 is 0 Å². The van der Waals surface area contributed by atoms with Crippen molar-refractivity contribution >= 4 is 28.4 Å². The standard InChI is InChI=1S/C40H44O7S2/c1-39(2,29-9-17-34(18-10-29)44-23-36-24-46-36)27-5-13-32(14-6-27)42-21-31(41)22-43-33-15-7-28(8-16-33)40(3,4)30-11-19-35(20-12-30)45-25-37-26-49-38(48)47-37/h5-20,31,36-37,41H,21-26H2,1-4H3. The van der Waals surface area contributed by atoms with Gasteiger partial charge in [-0.1, -0.05) is 88.0 Å². The van der Waals surface area contributed by atoms with Crippen LogP contribution in [-0.4, -0.2) is 66.6 Å². The predicted molar refractivity (Wildman–Crippen MR) is 198 cm³/mol. The maximum Gasteiger partial charge on any atom is 0.220 e. The summed E-state index contributed by atoms with van der Waals surface area (Å²) in [6, 6.07) is 32.5. The number of thioether (sulfide) groups is 1. The Bertz CT molecular complexity index is 1670. The topological polar surface area (TPSA) is 78.9 Å². The quantitative estimate of drug-likeness (QED) is 0.0934. The lowest BCUT2D eigenvalue weighted by Crippen LogP contribution is -2.25. The molecule has 2 aliphatic heterocycles. The minimum Gasteiger partial charge on any atom is -0.491 e. The van der Waals surface area contributed by atoms with E-state index in [-0.39, 0.29) is 36.3 Å². The van der Waals surface area contributed by atoms with Gasteiger partial charge in [0.2, 0.25) is 4.38 Å². The Hall–Kier alpha value is -3.76. The molecule has 2 fully saturated rings. The zero-order valence-corrected chi connectivity index (χ0v) is 30.1. The summed E-state index contributed by atoms with van der Waals surface area (Å²) < 4.78 is 34.8. The lowest BCUT2D eigenvalue weighted by molar-refractivity contribution is 0.0626. The Kier molecular flexibility index (Phi) is 11.0. The van der Waals surface area contributed by atoms with Crippen molar-refractivity contribution in [2.75, 3.05) is 38.8 Å². The number of hydrogen-bond acceptors (Lipinski definition) is 9. The summed E-state index contributed by atoms with van der Waals surface area (Å²) in [6.07, 6.45) is -0.541. The predicted octanol–water partition coefficient (Wildman–Crippen LogP) is 7.73. The van der Waals surface area contributed by atoms with Crippen LogP contribution in [-0.2, 0) is 20.3 Å². The first-order valence-electron chi connectivity index (χ1n) is 16.6. The molecule has 0 amide bonds. The van der Waals surface area contributed by atoms with Gasteiger partial charge in [0.25, 0.3) is 0 Å². The van der Waals surface area contributed by atoms with Gasteiger partial charge < -0.3 is 33.5 Å². The normalized spacial score (nSPS) is 18.0. The smallest absolute Gasteiger partial charge is 0.220 e. The van der Waals surface area contributed by atoms with E-state index in [4.69, 9.17) is 40.6 Å². The van der Waals surface area contributed by atoms with E-state index in [2.05, 4.69) is 76.2 Å². The molecule has 0 saturated carbocycles. The number of aliphatic hydroxyl groups excluding tert-OH is 1. The van der Waals surface area contributed by atoms with Crippen LogP contribution in [0.2, 0.25) is 0 Å². The second-order valence-electron chi connectivity index (χ2n) is 13.5. The van der Waals surface area contributed by atoms with Crippen molar-refractivity contribution in [3.8, 4) is 23.0 Å². The highest BCUT2D eigenvalue weighted by atomic mass is 32.2. The van der Waals surface area contributed by atoms with Crippen molar-refractivity contribution in [1.29, 1.82) is 0 Å². The second kappa shape index (κ2) is 15.4. The van der Waals surface area contributed by atoms with Crippen molar-refractivity contribution in [2.45, 2.75) is 56.8 Å². The number of thiocarbonyl (C=S) groups is 1. The molecule has 2 heterocycles. The van der Waals surface area contributed by atoms with Gasteiger partial charge >= 0.3 is 0 Å². The molecular weight excluding hydrogens is 657 g/mol. The highest BCUT2D eigenvalue weighted by molar-refractivity contribution is 8.22. The zero-order chi connectivity index (χ0) is 34.4. The first kappa shape index (κ1) is 35.1. The number of rotatable bonds is 16. The first-order valence-corrected chi connectivity index (χ1v) is 18.0. The average Bonchev–Trinajstić information content (AvgIpc) is 3.86. The highest BCUT2D eigenvalue weighted by Crippen LogP contribution is 2.35. The van der Waals surface area contributed by atoms with Gasteiger partial charge in [-0.15, -0.1) is 0 Å². The lowest BCUT2D eigenvalue weighted by atomic mass is 9.78. The molecule has 6 rings (SSSR count). The van der Waals surface area contributed by atoms with Crippen LogP contribution in [0.3, 0.4) is 0 Å². The van der Waals surface area contributed by atoms with Crippen LogP contribution in [0.25, 0.3) is 0 Å². The summed E-state index contributed by atoms with van der Waals surface area (Å²) in [6.45, 7) is 10.9. The van der Waals surface area contributed by atoms with E-state index in [1.54, 1.807) is 11.8 Å². The van der Waals surface area contributed by atoms with E-state index in [9.17, 15) is 5.11 Å². The molecule has 7 nitrogen and oxygen atoms in total. The van der Waals surface area contributed by atoms with Gasteiger partial charge in [-0.05, 0) is 83.0 Å². The fourth-order valence-electron chi connectivity index (χ4n) is 5.63. The minimum absolute atomic E-state index is 0.00266. The fourth-order valence-corrected chi connectivity index (χ4v) is 6.66. The number of hydrogen-bond donors (Lipinski definition) is 1. The third kappa shape index (κ3) is 9.28. The molecule has 9 heteroatoms. The summed E-state index contributed by atoms with van der Waals surface area (Å²) in [4.78, 5) is 0. The summed E-state index contributed by atoms with van der Waals surface area (Å²) >= 11 is 6.64. The lowest BCUT2D eigenvalue weighted by Gasteiger charge is -2.27. The van der Waals surface area contributed by atoms with Crippen LogP contribution in [0, 0.1) is 0 Å². The van der Waals surface area contributed by atoms with E-state index < -0.39 is 6.10 Å². The molecule has 0 bridgehead atoms. The van der Waals surface area contributed by atoms with Crippen molar-refractivity contribution in [1.82, 2.24) is 0 Å².